The van der Waals surface area contributed by atoms with E-state index in [0.717, 1.165) is 24.5 Å². The van der Waals surface area contributed by atoms with Gasteiger partial charge >= 0.3 is 0 Å². The van der Waals surface area contributed by atoms with E-state index in [9.17, 15) is 0 Å². The van der Waals surface area contributed by atoms with Crippen molar-refractivity contribution in [3.05, 3.63) is 23.9 Å². The first kappa shape index (κ1) is 13.3. The second kappa shape index (κ2) is 5.67. The first-order chi connectivity index (χ1) is 8.59. The molecule has 0 aliphatic carbocycles. The molecule has 1 fully saturated rings. The molecule has 0 amide bonds. The number of pyridine rings is 1. The van der Waals surface area contributed by atoms with E-state index in [2.05, 4.69) is 34.9 Å². The topological polar surface area (TPSA) is 45.4 Å². The molecule has 0 radical (unpaired) electrons. The average molecular weight is 248 g/mol. The molecule has 18 heavy (non-hydrogen) atoms. The highest BCUT2D eigenvalue weighted by Gasteiger charge is 2.23. The minimum atomic E-state index is 0.0419. The fourth-order valence-electron chi connectivity index (χ4n) is 2.62. The van der Waals surface area contributed by atoms with Crippen LogP contribution in [0.3, 0.4) is 0 Å². The van der Waals surface area contributed by atoms with Gasteiger partial charge in [0.1, 0.15) is 5.82 Å². The van der Waals surface area contributed by atoms with Crippen molar-refractivity contribution in [3.8, 4) is 0 Å². The van der Waals surface area contributed by atoms with Crippen LogP contribution in [0.4, 0.5) is 5.82 Å². The molecule has 0 spiro atoms. The largest absolute Gasteiger partial charge is 0.356 e. The van der Waals surface area contributed by atoms with Crippen LogP contribution < -0.4 is 10.6 Å². The maximum Gasteiger partial charge on any atom is 0.133 e. The zero-order valence-corrected chi connectivity index (χ0v) is 11.6. The standard InChI is InChI=1S/C14H24N4/c1-11(15)13-5-4-8-16-14(13)18-9-6-12(7-10-18)17(2)3/h4-5,8,11-12H,6-7,9-10,15H2,1-3H3. The Bertz CT molecular complexity index is 381. The summed E-state index contributed by atoms with van der Waals surface area (Å²) >= 11 is 0. The number of hydrogen-bond acceptors (Lipinski definition) is 4. The molecule has 100 valence electrons. The van der Waals surface area contributed by atoms with Crippen molar-refractivity contribution in [1.82, 2.24) is 9.88 Å². The van der Waals surface area contributed by atoms with Crippen molar-refractivity contribution >= 4 is 5.82 Å². The minimum absolute atomic E-state index is 0.0419. The smallest absolute Gasteiger partial charge is 0.133 e. The average Bonchev–Trinajstić information content (AvgIpc) is 2.39. The van der Waals surface area contributed by atoms with E-state index in [0.29, 0.717) is 6.04 Å². The Kier molecular flexibility index (Phi) is 4.19. The van der Waals surface area contributed by atoms with Crippen LogP contribution in [0.15, 0.2) is 18.3 Å². The molecule has 1 aliphatic rings. The number of piperidine rings is 1. The van der Waals surface area contributed by atoms with Crippen LogP contribution in [0.5, 0.6) is 0 Å². The first-order valence-corrected chi connectivity index (χ1v) is 6.71. The van der Waals surface area contributed by atoms with Gasteiger partial charge in [-0.15, -0.1) is 0 Å². The lowest BCUT2D eigenvalue weighted by molar-refractivity contribution is 0.249. The molecule has 1 aromatic rings. The van der Waals surface area contributed by atoms with Gasteiger partial charge in [-0.3, -0.25) is 0 Å². The normalized spacial score (nSPS) is 19.3. The van der Waals surface area contributed by atoms with E-state index in [1.165, 1.54) is 12.8 Å². The van der Waals surface area contributed by atoms with E-state index in [-0.39, 0.29) is 6.04 Å². The Morgan fingerprint density at radius 2 is 2.06 bits per heavy atom. The fraction of sp³-hybridized carbons (Fsp3) is 0.643. The van der Waals surface area contributed by atoms with E-state index < -0.39 is 0 Å². The van der Waals surface area contributed by atoms with Gasteiger partial charge in [0, 0.05) is 36.9 Å². The van der Waals surface area contributed by atoms with Gasteiger partial charge in [0.15, 0.2) is 0 Å². The van der Waals surface area contributed by atoms with Crippen LogP contribution in [-0.4, -0.2) is 43.1 Å². The summed E-state index contributed by atoms with van der Waals surface area (Å²) in [6.45, 7) is 4.16. The summed E-state index contributed by atoms with van der Waals surface area (Å²) in [6.07, 6.45) is 4.25. The molecule has 1 atom stereocenters. The highest BCUT2D eigenvalue weighted by molar-refractivity contribution is 5.48. The quantitative estimate of drug-likeness (QED) is 0.883. The number of rotatable bonds is 3. The van der Waals surface area contributed by atoms with Gasteiger partial charge in [0.2, 0.25) is 0 Å². The summed E-state index contributed by atoms with van der Waals surface area (Å²) in [7, 11) is 4.32. The van der Waals surface area contributed by atoms with Crippen LogP contribution in [0.2, 0.25) is 0 Å². The summed E-state index contributed by atoms with van der Waals surface area (Å²) in [5, 5.41) is 0. The summed E-state index contributed by atoms with van der Waals surface area (Å²) in [5.41, 5.74) is 7.18. The second-order valence-electron chi connectivity index (χ2n) is 5.39. The van der Waals surface area contributed by atoms with Crippen molar-refractivity contribution in [2.45, 2.75) is 31.8 Å². The molecule has 0 aromatic carbocycles. The van der Waals surface area contributed by atoms with E-state index >= 15 is 0 Å². The maximum absolute atomic E-state index is 6.02. The van der Waals surface area contributed by atoms with Gasteiger partial charge in [-0.05, 0) is 39.9 Å². The Balaban J connectivity index is 2.10. The third-order valence-electron chi connectivity index (χ3n) is 3.80. The number of aromatic nitrogens is 1. The lowest BCUT2D eigenvalue weighted by atomic mass is 10.0. The molecular weight excluding hydrogens is 224 g/mol. The molecule has 2 rings (SSSR count). The number of anilines is 1. The van der Waals surface area contributed by atoms with Gasteiger partial charge in [0.25, 0.3) is 0 Å². The van der Waals surface area contributed by atoms with E-state index in [4.69, 9.17) is 5.73 Å². The predicted molar refractivity (Wildman–Crippen MR) is 75.8 cm³/mol. The molecule has 4 nitrogen and oxygen atoms in total. The minimum Gasteiger partial charge on any atom is -0.356 e. The Morgan fingerprint density at radius 3 is 2.61 bits per heavy atom. The zero-order valence-electron chi connectivity index (χ0n) is 11.6. The summed E-state index contributed by atoms with van der Waals surface area (Å²) in [5.74, 6) is 1.07. The molecule has 1 aliphatic heterocycles. The molecule has 1 unspecified atom stereocenters. The highest BCUT2D eigenvalue weighted by atomic mass is 15.2. The van der Waals surface area contributed by atoms with E-state index in [1.807, 2.05) is 19.2 Å². The molecule has 1 aromatic heterocycles. The van der Waals surface area contributed by atoms with Crippen molar-refractivity contribution in [2.75, 3.05) is 32.1 Å². The number of nitrogens with zero attached hydrogens (tertiary/aromatic N) is 3. The van der Waals surface area contributed by atoms with Crippen molar-refractivity contribution in [1.29, 1.82) is 0 Å². The molecule has 1 saturated heterocycles. The lowest BCUT2D eigenvalue weighted by Crippen LogP contribution is -2.42. The van der Waals surface area contributed by atoms with Gasteiger partial charge in [-0.1, -0.05) is 6.07 Å². The molecule has 4 heteroatoms. The number of hydrogen-bond donors (Lipinski definition) is 1. The third-order valence-corrected chi connectivity index (χ3v) is 3.80. The summed E-state index contributed by atoms with van der Waals surface area (Å²) < 4.78 is 0. The maximum atomic E-state index is 6.02. The zero-order chi connectivity index (χ0) is 13.1. The van der Waals surface area contributed by atoms with Gasteiger partial charge in [0.05, 0.1) is 0 Å². The van der Waals surface area contributed by atoms with E-state index in [1.54, 1.807) is 0 Å². The van der Waals surface area contributed by atoms with Crippen LogP contribution in [0.1, 0.15) is 31.4 Å². The Hall–Kier alpha value is -1.13. The Morgan fingerprint density at radius 1 is 1.39 bits per heavy atom. The van der Waals surface area contributed by atoms with Gasteiger partial charge in [-0.25, -0.2) is 4.98 Å². The fourth-order valence-corrected chi connectivity index (χ4v) is 2.62. The van der Waals surface area contributed by atoms with Gasteiger partial charge in [-0.2, -0.15) is 0 Å². The lowest BCUT2D eigenvalue weighted by Gasteiger charge is -2.36. The molecule has 2 heterocycles. The van der Waals surface area contributed by atoms with Crippen molar-refractivity contribution < 1.29 is 0 Å². The first-order valence-electron chi connectivity index (χ1n) is 6.71. The van der Waals surface area contributed by atoms with Crippen LogP contribution in [-0.2, 0) is 0 Å². The SMILES string of the molecule is CC(N)c1cccnc1N1CCC(N(C)C)CC1. The molecule has 2 N–H and O–H groups in total. The monoisotopic (exact) mass is 248 g/mol. The third kappa shape index (κ3) is 2.82. The molecular formula is C14H24N4. The molecule has 0 bridgehead atoms. The van der Waals surface area contributed by atoms with Crippen molar-refractivity contribution in [3.63, 3.8) is 0 Å². The van der Waals surface area contributed by atoms with Crippen LogP contribution in [0, 0.1) is 0 Å². The van der Waals surface area contributed by atoms with Gasteiger partial charge < -0.3 is 15.5 Å². The van der Waals surface area contributed by atoms with Crippen LogP contribution >= 0.6 is 0 Å². The summed E-state index contributed by atoms with van der Waals surface area (Å²) in [4.78, 5) is 9.22. The molecule has 0 saturated carbocycles. The van der Waals surface area contributed by atoms with Crippen molar-refractivity contribution in [2.24, 2.45) is 5.73 Å². The number of nitrogens with two attached hydrogens (primary N) is 1. The van der Waals surface area contributed by atoms with Crippen LogP contribution in [0.25, 0.3) is 0 Å². The Labute approximate surface area is 110 Å². The highest BCUT2D eigenvalue weighted by Crippen LogP contribution is 2.26. The predicted octanol–water partition coefficient (Wildman–Crippen LogP) is 1.63. The summed E-state index contributed by atoms with van der Waals surface area (Å²) in [6, 6.07) is 4.80. The second-order valence-corrected chi connectivity index (χ2v) is 5.39.